The molecule has 0 aromatic carbocycles. The number of hydrogen-bond acceptors (Lipinski definition) is 2. The number of rotatable bonds is 2. The second-order valence-electron chi connectivity index (χ2n) is 2.78. The maximum absolute atomic E-state index is 5.87. The van der Waals surface area contributed by atoms with E-state index in [2.05, 4.69) is 6.92 Å². The van der Waals surface area contributed by atoms with Gasteiger partial charge >= 0.3 is 0 Å². The van der Waals surface area contributed by atoms with Gasteiger partial charge in [0.2, 0.25) is 0 Å². The highest BCUT2D eigenvalue weighted by Crippen LogP contribution is 2.23. The second-order valence-corrected chi connectivity index (χ2v) is 2.78. The molecule has 0 bridgehead atoms. The van der Waals surface area contributed by atoms with Gasteiger partial charge in [0.25, 0.3) is 0 Å². The molecule has 0 heterocycles. The Kier molecular flexibility index (Phi) is 2.47. The van der Waals surface area contributed by atoms with Gasteiger partial charge < -0.3 is 10.5 Å². The molecular formula is C9H15NO. The van der Waals surface area contributed by atoms with E-state index in [1.54, 1.807) is 7.11 Å². The van der Waals surface area contributed by atoms with Crippen LogP contribution in [0.4, 0.5) is 0 Å². The molecule has 0 saturated heterocycles. The lowest BCUT2D eigenvalue weighted by Crippen LogP contribution is -2.47. The summed E-state index contributed by atoms with van der Waals surface area (Å²) < 4.78 is 5.38. The first-order chi connectivity index (χ1) is 5.25. The zero-order valence-corrected chi connectivity index (χ0v) is 7.08. The van der Waals surface area contributed by atoms with Gasteiger partial charge in [0.1, 0.15) is 5.60 Å². The summed E-state index contributed by atoms with van der Waals surface area (Å²) in [6.45, 7) is 2.08. The first-order valence-corrected chi connectivity index (χ1v) is 3.92. The molecule has 2 N–H and O–H groups in total. The lowest BCUT2D eigenvalue weighted by molar-refractivity contribution is 0.0178. The standard InChI is InChI=1S/C9H15NO/c1-3-9(11-2)7-5-4-6-8(9)10/h4-8H,3,10H2,1-2H3. The van der Waals surface area contributed by atoms with Crippen LogP contribution in [0.3, 0.4) is 0 Å². The predicted octanol–water partition coefficient (Wildman–Crippen LogP) is 1.23. The van der Waals surface area contributed by atoms with E-state index in [1.165, 1.54) is 0 Å². The molecule has 0 aromatic heterocycles. The van der Waals surface area contributed by atoms with Gasteiger partial charge in [-0.05, 0) is 6.42 Å². The average Bonchev–Trinajstić information content (AvgIpc) is 2.06. The van der Waals surface area contributed by atoms with Crippen LogP contribution < -0.4 is 5.73 Å². The summed E-state index contributed by atoms with van der Waals surface area (Å²) in [5, 5.41) is 0. The largest absolute Gasteiger partial charge is 0.372 e. The van der Waals surface area contributed by atoms with Crippen molar-refractivity contribution in [3.8, 4) is 0 Å². The van der Waals surface area contributed by atoms with E-state index in [1.807, 2.05) is 24.3 Å². The quantitative estimate of drug-likeness (QED) is 0.647. The lowest BCUT2D eigenvalue weighted by atomic mass is 9.88. The molecule has 0 saturated carbocycles. The molecule has 62 valence electrons. The van der Waals surface area contributed by atoms with Gasteiger partial charge in [-0.25, -0.2) is 0 Å². The van der Waals surface area contributed by atoms with Gasteiger partial charge in [-0.15, -0.1) is 0 Å². The third-order valence-electron chi connectivity index (χ3n) is 2.30. The van der Waals surface area contributed by atoms with E-state index in [9.17, 15) is 0 Å². The highest BCUT2D eigenvalue weighted by atomic mass is 16.5. The Morgan fingerprint density at radius 3 is 2.64 bits per heavy atom. The Hall–Kier alpha value is -0.600. The zero-order valence-electron chi connectivity index (χ0n) is 7.08. The van der Waals surface area contributed by atoms with E-state index in [0.29, 0.717) is 0 Å². The molecule has 0 aliphatic heterocycles. The number of ether oxygens (including phenoxy) is 1. The van der Waals surface area contributed by atoms with Crippen LogP contribution >= 0.6 is 0 Å². The molecule has 0 amide bonds. The molecule has 2 nitrogen and oxygen atoms in total. The lowest BCUT2D eigenvalue weighted by Gasteiger charge is -2.34. The smallest absolute Gasteiger partial charge is 0.104 e. The van der Waals surface area contributed by atoms with Crippen molar-refractivity contribution < 1.29 is 4.74 Å². The Labute approximate surface area is 67.7 Å². The minimum absolute atomic E-state index is 0.0116. The second kappa shape index (κ2) is 3.20. The number of allylic oxidation sites excluding steroid dienone is 2. The molecule has 1 aliphatic carbocycles. The van der Waals surface area contributed by atoms with Gasteiger partial charge in [0.15, 0.2) is 0 Å². The highest BCUT2D eigenvalue weighted by Gasteiger charge is 2.31. The molecule has 0 radical (unpaired) electrons. The van der Waals surface area contributed by atoms with Crippen molar-refractivity contribution in [1.29, 1.82) is 0 Å². The van der Waals surface area contributed by atoms with Crippen molar-refractivity contribution >= 4 is 0 Å². The summed E-state index contributed by atoms with van der Waals surface area (Å²) in [6.07, 6.45) is 8.84. The van der Waals surface area contributed by atoms with Crippen LogP contribution in [0.1, 0.15) is 13.3 Å². The van der Waals surface area contributed by atoms with Crippen molar-refractivity contribution in [3.63, 3.8) is 0 Å². The van der Waals surface area contributed by atoms with Crippen LogP contribution in [0, 0.1) is 0 Å². The molecule has 0 aromatic rings. The molecule has 2 atom stereocenters. The molecule has 1 rings (SSSR count). The van der Waals surface area contributed by atoms with Crippen LogP contribution in [-0.4, -0.2) is 18.8 Å². The SMILES string of the molecule is CCC1(OC)C=CC=CC1N. The van der Waals surface area contributed by atoms with Crippen LogP contribution in [0.15, 0.2) is 24.3 Å². The van der Waals surface area contributed by atoms with Crippen molar-refractivity contribution in [2.75, 3.05) is 7.11 Å². The van der Waals surface area contributed by atoms with Gasteiger partial charge in [-0.3, -0.25) is 0 Å². The summed E-state index contributed by atoms with van der Waals surface area (Å²) >= 11 is 0. The van der Waals surface area contributed by atoms with Gasteiger partial charge in [0, 0.05) is 7.11 Å². The van der Waals surface area contributed by atoms with Crippen LogP contribution in [0.5, 0.6) is 0 Å². The zero-order chi connectivity index (χ0) is 8.32. The monoisotopic (exact) mass is 153 g/mol. The Bertz CT molecular complexity index is 180. The number of methoxy groups -OCH3 is 1. The molecule has 2 heteroatoms. The van der Waals surface area contributed by atoms with Crippen LogP contribution in [-0.2, 0) is 4.74 Å². The summed E-state index contributed by atoms with van der Waals surface area (Å²) in [7, 11) is 1.70. The molecule has 11 heavy (non-hydrogen) atoms. The van der Waals surface area contributed by atoms with E-state index in [-0.39, 0.29) is 11.6 Å². The fraction of sp³-hybridized carbons (Fsp3) is 0.556. The van der Waals surface area contributed by atoms with E-state index < -0.39 is 0 Å². The van der Waals surface area contributed by atoms with E-state index in [4.69, 9.17) is 10.5 Å². The van der Waals surface area contributed by atoms with Crippen molar-refractivity contribution in [3.05, 3.63) is 24.3 Å². The van der Waals surface area contributed by atoms with Crippen molar-refractivity contribution in [2.24, 2.45) is 5.73 Å². The van der Waals surface area contributed by atoms with Crippen molar-refractivity contribution in [2.45, 2.75) is 25.0 Å². The molecular weight excluding hydrogens is 138 g/mol. The average molecular weight is 153 g/mol. The Balaban J connectivity index is 2.82. The van der Waals surface area contributed by atoms with Crippen molar-refractivity contribution in [1.82, 2.24) is 0 Å². The topological polar surface area (TPSA) is 35.2 Å². The van der Waals surface area contributed by atoms with Gasteiger partial charge in [-0.1, -0.05) is 31.2 Å². The molecule has 0 fully saturated rings. The van der Waals surface area contributed by atoms with Crippen LogP contribution in [0.25, 0.3) is 0 Å². The molecule has 0 spiro atoms. The third-order valence-corrected chi connectivity index (χ3v) is 2.30. The number of hydrogen-bond donors (Lipinski definition) is 1. The minimum Gasteiger partial charge on any atom is -0.372 e. The Morgan fingerprint density at radius 2 is 2.27 bits per heavy atom. The third kappa shape index (κ3) is 1.37. The number of nitrogens with two attached hydrogens (primary N) is 1. The van der Waals surface area contributed by atoms with E-state index in [0.717, 1.165) is 6.42 Å². The fourth-order valence-corrected chi connectivity index (χ4v) is 1.38. The first kappa shape index (κ1) is 8.50. The Morgan fingerprint density at radius 1 is 1.55 bits per heavy atom. The summed E-state index contributed by atoms with van der Waals surface area (Å²) in [5.41, 5.74) is 5.60. The molecule has 2 unspecified atom stereocenters. The summed E-state index contributed by atoms with van der Waals surface area (Å²) in [4.78, 5) is 0. The molecule has 1 aliphatic rings. The maximum Gasteiger partial charge on any atom is 0.104 e. The summed E-state index contributed by atoms with van der Waals surface area (Å²) in [5.74, 6) is 0. The van der Waals surface area contributed by atoms with Gasteiger partial charge in [0.05, 0.1) is 6.04 Å². The van der Waals surface area contributed by atoms with Crippen LogP contribution in [0.2, 0.25) is 0 Å². The van der Waals surface area contributed by atoms with E-state index >= 15 is 0 Å². The van der Waals surface area contributed by atoms with Gasteiger partial charge in [-0.2, -0.15) is 0 Å². The predicted molar refractivity (Wildman–Crippen MR) is 46.3 cm³/mol. The first-order valence-electron chi connectivity index (χ1n) is 3.92. The fourth-order valence-electron chi connectivity index (χ4n) is 1.38. The maximum atomic E-state index is 5.87. The highest BCUT2D eigenvalue weighted by molar-refractivity contribution is 5.24. The minimum atomic E-state index is -0.269. The summed E-state index contributed by atoms with van der Waals surface area (Å²) in [6, 6.07) is -0.0116. The normalized spacial score (nSPS) is 36.1.